The van der Waals surface area contributed by atoms with Crippen LogP contribution in [0.3, 0.4) is 0 Å². The minimum atomic E-state index is -0.815. The average molecular weight is 225 g/mol. The Labute approximate surface area is 92.4 Å². The number of aromatic nitrogens is 2. The van der Waals surface area contributed by atoms with Crippen LogP contribution in [0.15, 0.2) is 17.8 Å². The number of fused-ring (bicyclic) bond motifs is 1. The van der Waals surface area contributed by atoms with E-state index in [-0.39, 0.29) is 6.54 Å². The van der Waals surface area contributed by atoms with Gasteiger partial charge in [0.2, 0.25) is 0 Å². The maximum Gasteiger partial charge on any atom is 0.193 e. The van der Waals surface area contributed by atoms with Crippen LogP contribution < -0.4 is 5.73 Å². The van der Waals surface area contributed by atoms with Gasteiger partial charge in [-0.05, 0) is 6.42 Å². The summed E-state index contributed by atoms with van der Waals surface area (Å²) in [6.45, 7) is 2.21. The molecule has 0 saturated carbocycles. The molecule has 0 spiro atoms. The molecule has 2 heterocycles. The molecule has 1 atom stereocenters. The average Bonchev–Trinajstić information content (AvgIpc) is 2.77. The highest BCUT2D eigenvalue weighted by Crippen LogP contribution is 2.18. The molecule has 0 amide bonds. The molecule has 0 bridgehead atoms. The second kappa shape index (κ2) is 3.92. The van der Waals surface area contributed by atoms with Gasteiger partial charge in [-0.2, -0.15) is 0 Å². The van der Waals surface area contributed by atoms with Gasteiger partial charge < -0.3 is 10.8 Å². The molecule has 2 aromatic rings. The van der Waals surface area contributed by atoms with Gasteiger partial charge >= 0.3 is 0 Å². The zero-order valence-corrected chi connectivity index (χ0v) is 9.50. The van der Waals surface area contributed by atoms with Crippen molar-refractivity contribution in [3.8, 4) is 0 Å². The highest BCUT2D eigenvalue weighted by atomic mass is 32.1. The molecule has 3 N–H and O–H groups in total. The summed E-state index contributed by atoms with van der Waals surface area (Å²) in [6.07, 6.45) is 5.08. The summed E-state index contributed by atoms with van der Waals surface area (Å²) in [7, 11) is 0. The number of imidazole rings is 1. The lowest BCUT2D eigenvalue weighted by atomic mass is 9.95. The predicted octanol–water partition coefficient (Wildman–Crippen LogP) is 1.04. The fourth-order valence-corrected chi connectivity index (χ4v) is 2.26. The van der Waals surface area contributed by atoms with E-state index in [1.807, 2.05) is 29.1 Å². The van der Waals surface area contributed by atoms with Gasteiger partial charge in [-0.1, -0.05) is 6.92 Å². The molecule has 2 aromatic heterocycles. The van der Waals surface area contributed by atoms with Gasteiger partial charge in [0.15, 0.2) is 4.96 Å². The van der Waals surface area contributed by atoms with E-state index < -0.39 is 5.60 Å². The Morgan fingerprint density at radius 2 is 2.47 bits per heavy atom. The molecular weight excluding hydrogens is 210 g/mol. The van der Waals surface area contributed by atoms with E-state index in [0.717, 1.165) is 10.7 Å². The number of nitrogens with zero attached hydrogens (tertiary/aromatic N) is 2. The molecule has 0 aliphatic rings. The predicted molar refractivity (Wildman–Crippen MR) is 61.1 cm³/mol. The monoisotopic (exact) mass is 225 g/mol. The van der Waals surface area contributed by atoms with Crippen molar-refractivity contribution in [2.24, 2.45) is 5.73 Å². The van der Waals surface area contributed by atoms with Gasteiger partial charge in [-0.3, -0.25) is 4.40 Å². The van der Waals surface area contributed by atoms with Crippen LogP contribution >= 0.6 is 11.3 Å². The smallest absolute Gasteiger partial charge is 0.193 e. The van der Waals surface area contributed by atoms with E-state index >= 15 is 0 Å². The second-order valence-corrected chi connectivity index (χ2v) is 4.66. The molecule has 2 rings (SSSR count). The van der Waals surface area contributed by atoms with Crippen LogP contribution in [0.1, 0.15) is 19.0 Å². The molecule has 0 aromatic carbocycles. The number of hydrogen-bond acceptors (Lipinski definition) is 4. The van der Waals surface area contributed by atoms with E-state index in [1.54, 1.807) is 11.3 Å². The molecule has 0 fully saturated rings. The molecule has 15 heavy (non-hydrogen) atoms. The van der Waals surface area contributed by atoms with Crippen molar-refractivity contribution in [1.29, 1.82) is 0 Å². The van der Waals surface area contributed by atoms with Gasteiger partial charge in [0.05, 0.1) is 11.3 Å². The Bertz CT molecular complexity index is 416. The molecule has 5 heteroatoms. The maximum atomic E-state index is 10.1. The lowest BCUT2D eigenvalue weighted by Gasteiger charge is -2.23. The van der Waals surface area contributed by atoms with Crippen LogP contribution in [0, 0.1) is 0 Å². The van der Waals surface area contributed by atoms with Crippen LogP contribution in [0.5, 0.6) is 0 Å². The highest BCUT2D eigenvalue weighted by molar-refractivity contribution is 7.15. The fraction of sp³-hybridized carbons (Fsp3) is 0.500. The van der Waals surface area contributed by atoms with Gasteiger partial charge in [-0.25, -0.2) is 4.98 Å². The quantitative estimate of drug-likeness (QED) is 0.817. The summed E-state index contributed by atoms with van der Waals surface area (Å²) in [5, 5.41) is 12.1. The van der Waals surface area contributed by atoms with Gasteiger partial charge in [0.1, 0.15) is 0 Å². The van der Waals surface area contributed by atoms with Crippen molar-refractivity contribution < 1.29 is 5.11 Å². The minimum Gasteiger partial charge on any atom is -0.388 e. The summed E-state index contributed by atoms with van der Waals surface area (Å²) in [5.74, 6) is 0. The maximum absolute atomic E-state index is 10.1. The normalized spacial score (nSPS) is 15.7. The summed E-state index contributed by atoms with van der Waals surface area (Å²) < 4.78 is 1.96. The summed E-state index contributed by atoms with van der Waals surface area (Å²) >= 11 is 1.59. The first-order valence-electron chi connectivity index (χ1n) is 5.00. The first-order valence-corrected chi connectivity index (χ1v) is 5.88. The third-order valence-corrected chi connectivity index (χ3v) is 3.46. The zero-order valence-electron chi connectivity index (χ0n) is 8.68. The van der Waals surface area contributed by atoms with Crippen molar-refractivity contribution >= 4 is 16.3 Å². The van der Waals surface area contributed by atoms with Crippen molar-refractivity contribution in [2.75, 3.05) is 6.54 Å². The van der Waals surface area contributed by atoms with Crippen molar-refractivity contribution in [3.63, 3.8) is 0 Å². The number of hydrogen-bond donors (Lipinski definition) is 2. The number of nitrogens with two attached hydrogens (primary N) is 1. The molecular formula is C10H15N3OS. The Balaban J connectivity index is 2.21. The Morgan fingerprint density at radius 1 is 1.67 bits per heavy atom. The van der Waals surface area contributed by atoms with Gasteiger partial charge in [0.25, 0.3) is 0 Å². The van der Waals surface area contributed by atoms with Crippen LogP contribution in [-0.4, -0.2) is 26.6 Å². The molecule has 0 radical (unpaired) electrons. The first-order chi connectivity index (χ1) is 7.17. The van der Waals surface area contributed by atoms with Gasteiger partial charge in [0, 0.05) is 30.7 Å². The van der Waals surface area contributed by atoms with Crippen LogP contribution in [0.2, 0.25) is 0 Å². The second-order valence-electron chi connectivity index (χ2n) is 3.78. The third-order valence-electron chi connectivity index (χ3n) is 2.69. The molecule has 82 valence electrons. The van der Waals surface area contributed by atoms with Crippen LogP contribution in [0.25, 0.3) is 4.96 Å². The fourth-order valence-electron chi connectivity index (χ4n) is 1.54. The highest BCUT2D eigenvalue weighted by Gasteiger charge is 2.24. The topological polar surface area (TPSA) is 63.5 Å². The van der Waals surface area contributed by atoms with Crippen molar-refractivity contribution in [3.05, 3.63) is 23.5 Å². The minimum absolute atomic E-state index is 0.272. The molecule has 0 aliphatic carbocycles. The van der Waals surface area contributed by atoms with E-state index in [4.69, 9.17) is 5.73 Å². The largest absolute Gasteiger partial charge is 0.388 e. The number of rotatable bonds is 4. The van der Waals surface area contributed by atoms with Crippen molar-refractivity contribution in [2.45, 2.75) is 25.4 Å². The lowest BCUT2D eigenvalue weighted by Crippen LogP contribution is -2.39. The van der Waals surface area contributed by atoms with E-state index in [2.05, 4.69) is 4.98 Å². The Morgan fingerprint density at radius 3 is 3.07 bits per heavy atom. The molecule has 1 unspecified atom stereocenters. The zero-order chi connectivity index (χ0) is 10.9. The SMILES string of the molecule is CCC(O)(CN)Cc1cn2ccsc2n1. The van der Waals surface area contributed by atoms with E-state index in [0.29, 0.717) is 12.8 Å². The number of thiazole rings is 1. The summed E-state index contributed by atoms with van der Waals surface area (Å²) in [5.41, 5.74) is 5.64. The number of aliphatic hydroxyl groups is 1. The van der Waals surface area contributed by atoms with E-state index in [9.17, 15) is 5.11 Å². The first kappa shape index (κ1) is 10.6. The molecule has 0 aliphatic heterocycles. The summed E-state index contributed by atoms with van der Waals surface area (Å²) in [4.78, 5) is 5.38. The van der Waals surface area contributed by atoms with Crippen LogP contribution in [0.4, 0.5) is 0 Å². The van der Waals surface area contributed by atoms with Crippen molar-refractivity contribution in [1.82, 2.24) is 9.38 Å². The summed E-state index contributed by atoms with van der Waals surface area (Å²) in [6, 6.07) is 0. The van der Waals surface area contributed by atoms with Crippen LogP contribution in [-0.2, 0) is 6.42 Å². The lowest BCUT2D eigenvalue weighted by molar-refractivity contribution is 0.0448. The molecule has 0 saturated heterocycles. The Hall–Kier alpha value is -0.910. The third kappa shape index (κ3) is 2.04. The standard InChI is InChI=1S/C10H15N3OS/c1-2-10(14,7-11)5-8-6-13-3-4-15-9(13)12-8/h3-4,6,14H,2,5,7,11H2,1H3. The Kier molecular flexibility index (Phi) is 2.77. The van der Waals surface area contributed by atoms with E-state index in [1.165, 1.54) is 0 Å². The molecule has 4 nitrogen and oxygen atoms in total. The van der Waals surface area contributed by atoms with Gasteiger partial charge in [-0.15, -0.1) is 11.3 Å².